The lowest BCUT2D eigenvalue weighted by atomic mass is 10.0. The van der Waals surface area contributed by atoms with Crippen molar-refractivity contribution in [3.63, 3.8) is 0 Å². The average Bonchev–Trinajstić information content (AvgIpc) is 3.22. The molecule has 0 aromatic carbocycles. The first-order chi connectivity index (χ1) is 16.0. The third kappa shape index (κ3) is 4.55. The number of nitrogens with zero attached hydrogens (tertiary/aromatic N) is 6. The van der Waals surface area contributed by atoms with Crippen molar-refractivity contribution in [3.8, 4) is 0 Å². The van der Waals surface area contributed by atoms with Crippen molar-refractivity contribution < 1.29 is 18.0 Å². The lowest BCUT2D eigenvalue weighted by molar-refractivity contribution is -0.137. The van der Waals surface area contributed by atoms with Gasteiger partial charge in [0.1, 0.15) is 5.82 Å². The van der Waals surface area contributed by atoms with Crippen LogP contribution in [0.3, 0.4) is 0 Å². The van der Waals surface area contributed by atoms with Crippen LogP contribution >= 0.6 is 11.6 Å². The van der Waals surface area contributed by atoms with Crippen molar-refractivity contribution in [2.75, 3.05) is 31.1 Å². The molecule has 34 heavy (non-hydrogen) atoms. The van der Waals surface area contributed by atoms with Crippen molar-refractivity contribution in [2.24, 2.45) is 0 Å². The van der Waals surface area contributed by atoms with Gasteiger partial charge in [0.2, 0.25) is 0 Å². The van der Waals surface area contributed by atoms with Gasteiger partial charge in [-0.1, -0.05) is 25.4 Å². The number of carbonyl (C=O) groups is 1. The summed E-state index contributed by atoms with van der Waals surface area (Å²) < 4.78 is 40.5. The summed E-state index contributed by atoms with van der Waals surface area (Å²) in [7, 11) is 0. The minimum absolute atomic E-state index is 0.0619. The van der Waals surface area contributed by atoms with Gasteiger partial charge in [-0.15, -0.1) is 0 Å². The van der Waals surface area contributed by atoms with E-state index in [4.69, 9.17) is 16.6 Å². The van der Waals surface area contributed by atoms with Gasteiger partial charge in [-0.05, 0) is 31.9 Å². The zero-order chi connectivity index (χ0) is 24.8. The quantitative estimate of drug-likeness (QED) is 0.501. The van der Waals surface area contributed by atoms with Crippen LogP contribution in [0, 0.1) is 0 Å². The van der Waals surface area contributed by atoms with Crippen LogP contribution in [0.15, 0.2) is 24.5 Å². The predicted octanol–water partition coefficient (Wildman–Crippen LogP) is 5.17. The molecule has 1 amide bonds. The highest BCUT2D eigenvalue weighted by Gasteiger charge is 2.33. The summed E-state index contributed by atoms with van der Waals surface area (Å²) in [4.78, 5) is 25.7. The summed E-state index contributed by atoms with van der Waals surface area (Å²) in [6.45, 7) is 9.65. The molecule has 0 N–H and O–H groups in total. The van der Waals surface area contributed by atoms with Gasteiger partial charge < -0.3 is 9.80 Å². The number of aromatic nitrogens is 4. The monoisotopic (exact) mass is 494 g/mol. The summed E-state index contributed by atoms with van der Waals surface area (Å²) in [5, 5.41) is 5.09. The van der Waals surface area contributed by atoms with Crippen LogP contribution in [0.25, 0.3) is 11.0 Å². The minimum Gasteiger partial charge on any atom is -0.352 e. The fraction of sp³-hybridized carbons (Fsp3) is 0.478. The Morgan fingerprint density at radius 2 is 1.74 bits per heavy atom. The van der Waals surface area contributed by atoms with Crippen LogP contribution < -0.4 is 4.90 Å². The third-order valence-electron chi connectivity index (χ3n) is 5.91. The lowest BCUT2D eigenvalue weighted by Gasteiger charge is -2.36. The molecule has 1 aliphatic rings. The summed E-state index contributed by atoms with van der Waals surface area (Å²) in [6, 6.07) is 2.82. The molecule has 0 spiro atoms. The molecule has 3 aromatic heterocycles. The highest BCUT2D eigenvalue weighted by Crippen LogP contribution is 2.34. The molecular weight excluding hydrogens is 469 g/mol. The Bertz CT molecular complexity index is 1220. The van der Waals surface area contributed by atoms with Gasteiger partial charge in [-0.25, -0.2) is 14.6 Å². The Balaban J connectivity index is 1.56. The van der Waals surface area contributed by atoms with Gasteiger partial charge in [0.15, 0.2) is 5.65 Å². The molecule has 4 rings (SSSR count). The van der Waals surface area contributed by atoms with Crippen molar-refractivity contribution in [1.82, 2.24) is 24.6 Å². The van der Waals surface area contributed by atoms with E-state index in [0.29, 0.717) is 42.8 Å². The van der Waals surface area contributed by atoms with Crippen LogP contribution in [0.4, 0.5) is 19.0 Å². The van der Waals surface area contributed by atoms with Crippen LogP contribution in [0.2, 0.25) is 5.02 Å². The minimum atomic E-state index is -4.51. The van der Waals surface area contributed by atoms with Gasteiger partial charge in [0, 0.05) is 44.1 Å². The van der Waals surface area contributed by atoms with E-state index in [2.05, 4.69) is 10.1 Å². The van der Waals surface area contributed by atoms with E-state index >= 15 is 0 Å². The van der Waals surface area contributed by atoms with Crippen molar-refractivity contribution in [1.29, 1.82) is 0 Å². The molecule has 0 atom stereocenters. The molecule has 0 aliphatic carbocycles. The number of hydrogen-bond acceptors (Lipinski definition) is 5. The van der Waals surface area contributed by atoms with E-state index in [9.17, 15) is 18.0 Å². The highest BCUT2D eigenvalue weighted by molar-refractivity contribution is 6.33. The first-order valence-corrected chi connectivity index (χ1v) is 11.5. The van der Waals surface area contributed by atoms with Gasteiger partial charge in [0.05, 0.1) is 27.7 Å². The topological polar surface area (TPSA) is 67.2 Å². The second-order valence-electron chi connectivity index (χ2n) is 8.98. The zero-order valence-corrected chi connectivity index (χ0v) is 20.2. The Morgan fingerprint density at radius 1 is 1.06 bits per heavy atom. The Morgan fingerprint density at radius 3 is 2.29 bits per heavy atom. The first-order valence-electron chi connectivity index (χ1n) is 11.1. The maximum Gasteiger partial charge on any atom is 0.417 e. The molecule has 1 saturated heterocycles. The number of fused-ring (bicyclic) bond motifs is 1. The number of alkyl halides is 3. The van der Waals surface area contributed by atoms with Gasteiger partial charge in [-0.3, -0.25) is 4.79 Å². The Labute approximate surface area is 200 Å². The molecule has 0 radical (unpaired) electrons. The van der Waals surface area contributed by atoms with Crippen LogP contribution in [0.5, 0.6) is 0 Å². The first kappa shape index (κ1) is 24.3. The molecule has 0 bridgehead atoms. The van der Waals surface area contributed by atoms with E-state index in [0.717, 1.165) is 18.0 Å². The summed E-state index contributed by atoms with van der Waals surface area (Å²) in [6.07, 6.45) is -2.04. The second-order valence-corrected chi connectivity index (χ2v) is 9.38. The number of amides is 1. The van der Waals surface area contributed by atoms with Gasteiger partial charge >= 0.3 is 6.18 Å². The zero-order valence-electron chi connectivity index (χ0n) is 19.4. The van der Waals surface area contributed by atoms with Crippen molar-refractivity contribution >= 4 is 34.4 Å². The molecule has 4 heterocycles. The predicted molar refractivity (Wildman–Crippen MR) is 124 cm³/mol. The number of carbonyl (C=O) groups excluding carboxylic acids is 1. The Hall–Kier alpha value is -2.88. The maximum atomic E-state index is 13.5. The largest absolute Gasteiger partial charge is 0.417 e. The van der Waals surface area contributed by atoms with E-state index in [-0.39, 0.29) is 28.7 Å². The smallest absolute Gasteiger partial charge is 0.352 e. The number of pyridine rings is 2. The molecule has 0 unspecified atom stereocenters. The fourth-order valence-corrected chi connectivity index (χ4v) is 4.28. The van der Waals surface area contributed by atoms with Gasteiger partial charge in [0.25, 0.3) is 5.91 Å². The SMILES string of the molecule is CC(C)c1cc(C(=O)N2CCN(c3ncc(C(F)(F)F)cc3Cl)CC2)c2cnn(C(C)C)c2n1. The van der Waals surface area contributed by atoms with E-state index in [1.165, 1.54) is 0 Å². The Kier molecular flexibility index (Phi) is 6.46. The number of rotatable bonds is 4. The fourth-order valence-electron chi connectivity index (χ4n) is 4.00. The van der Waals surface area contributed by atoms with E-state index < -0.39 is 11.7 Å². The van der Waals surface area contributed by atoms with E-state index in [1.807, 2.05) is 38.4 Å². The molecule has 11 heteroatoms. The molecule has 1 fully saturated rings. The molecule has 0 saturated carbocycles. The molecule has 7 nitrogen and oxygen atoms in total. The highest BCUT2D eigenvalue weighted by atomic mass is 35.5. The standard InChI is InChI=1S/C23H26ClF3N6O/c1-13(2)19-10-16(17-12-29-33(14(3)4)20(17)30-19)22(34)32-7-5-31(6-8-32)21-18(24)9-15(11-28-21)23(25,26)27/h9-14H,5-8H2,1-4H3. The average molecular weight is 495 g/mol. The number of piperazine rings is 1. The molecule has 1 aliphatic heterocycles. The van der Waals surface area contributed by atoms with Crippen LogP contribution in [0.1, 0.15) is 61.3 Å². The number of anilines is 1. The summed E-state index contributed by atoms with van der Waals surface area (Å²) in [5.74, 6) is 0.299. The van der Waals surface area contributed by atoms with Crippen molar-refractivity contribution in [2.45, 2.75) is 45.8 Å². The second kappa shape index (κ2) is 9.05. The summed E-state index contributed by atoms with van der Waals surface area (Å²) in [5.41, 5.74) is 1.17. The molecule has 3 aromatic rings. The molecule has 182 valence electrons. The normalized spacial score (nSPS) is 15.1. The van der Waals surface area contributed by atoms with E-state index in [1.54, 1.807) is 16.0 Å². The number of halogens is 4. The maximum absolute atomic E-state index is 13.5. The summed E-state index contributed by atoms with van der Waals surface area (Å²) >= 11 is 6.10. The molecular formula is C23H26ClF3N6O. The lowest BCUT2D eigenvalue weighted by Crippen LogP contribution is -2.49. The number of hydrogen-bond donors (Lipinski definition) is 0. The third-order valence-corrected chi connectivity index (χ3v) is 6.19. The van der Waals surface area contributed by atoms with Crippen LogP contribution in [-0.2, 0) is 6.18 Å². The van der Waals surface area contributed by atoms with Crippen molar-refractivity contribution in [3.05, 3.63) is 46.4 Å². The van der Waals surface area contributed by atoms with Crippen LogP contribution in [-0.4, -0.2) is 56.7 Å². The van der Waals surface area contributed by atoms with Gasteiger partial charge in [-0.2, -0.15) is 18.3 Å².